The van der Waals surface area contributed by atoms with E-state index in [-0.39, 0.29) is 54.7 Å². The van der Waals surface area contributed by atoms with Gasteiger partial charge in [0.25, 0.3) is 5.91 Å². The molecule has 0 saturated carbocycles. The largest absolute Gasteiger partial charge is 0.497 e. The molecule has 1 aliphatic heterocycles. The maximum Gasteiger partial charge on any atom is 0.286 e. The van der Waals surface area contributed by atoms with Gasteiger partial charge in [-0.2, -0.15) is 4.31 Å². The van der Waals surface area contributed by atoms with Crippen LogP contribution in [0.4, 0.5) is 0 Å². The summed E-state index contributed by atoms with van der Waals surface area (Å²) in [5.41, 5.74) is 2.06. The van der Waals surface area contributed by atoms with Gasteiger partial charge in [-0.3, -0.25) is 4.79 Å². The molecule has 1 aromatic heterocycles. The van der Waals surface area contributed by atoms with Gasteiger partial charge < -0.3 is 34.4 Å². The standard InChI is InChI=1S/C31H41N3O8S/c1-21(2)23-17-29(31(36)32-12-11-22-20-33-28-10-7-25(40-4)19-27(22)28)42-30(18-23)41-16-14-34(13-15-35)43(37,38)26-8-5-24(39-3)6-9-26/h5-10,17,19-21,23,30,33,35H,11-16,18H2,1-4H3,(H,32,36)/t23-,30+/m1/s1. The second-order valence-electron chi connectivity index (χ2n) is 10.6. The van der Waals surface area contributed by atoms with Gasteiger partial charge in [0.1, 0.15) is 11.5 Å². The van der Waals surface area contributed by atoms with Crippen molar-refractivity contribution in [2.45, 2.75) is 37.9 Å². The zero-order valence-electron chi connectivity index (χ0n) is 25.0. The number of aliphatic hydroxyl groups excluding tert-OH is 1. The number of sulfonamides is 1. The van der Waals surface area contributed by atoms with E-state index in [0.717, 1.165) is 22.2 Å². The van der Waals surface area contributed by atoms with Crippen molar-refractivity contribution in [3.05, 3.63) is 66.1 Å². The molecule has 12 heteroatoms. The number of carbonyl (C=O) groups excluding carboxylic acids is 1. The van der Waals surface area contributed by atoms with Crippen molar-refractivity contribution >= 4 is 26.8 Å². The van der Waals surface area contributed by atoms with Crippen molar-refractivity contribution in [2.24, 2.45) is 11.8 Å². The third-order valence-corrected chi connectivity index (χ3v) is 9.43. The van der Waals surface area contributed by atoms with Crippen LogP contribution in [0.2, 0.25) is 0 Å². The number of hydrogen-bond donors (Lipinski definition) is 3. The summed E-state index contributed by atoms with van der Waals surface area (Å²) >= 11 is 0. The number of aliphatic hydroxyl groups is 1. The smallest absolute Gasteiger partial charge is 0.286 e. The summed E-state index contributed by atoms with van der Waals surface area (Å²) in [4.78, 5) is 16.4. The summed E-state index contributed by atoms with van der Waals surface area (Å²) in [7, 11) is -0.743. The molecule has 1 aliphatic rings. The Morgan fingerprint density at radius 2 is 1.84 bits per heavy atom. The van der Waals surface area contributed by atoms with Gasteiger partial charge in [-0.1, -0.05) is 13.8 Å². The minimum Gasteiger partial charge on any atom is -0.497 e. The van der Waals surface area contributed by atoms with E-state index in [1.165, 1.54) is 23.5 Å². The van der Waals surface area contributed by atoms with Crippen molar-refractivity contribution < 1.29 is 37.3 Å². The van der Waals surface area contributed by atoms with E-state index in [9.17, 15) is 18.3 Å². The third-order valence-electron chi connectivity index (χ3n) is 7.51. The van der Waals surface area contributed by atoms with Gasteiger partial charge in [-0.15, -0.1) is 0 Å². The third kappa shape index (κ3) is 8.08. The van der Waals surface area contributed by atoms with Crippen LogP contribution in [0, 0.1) is 11.8 Å². The van der Waals surface area contributed by atoms with Crippen LogP contribution in [0.15, 0.2) is 65.4 Å². The van der Waals surface area contributed by atoms with Crippen molar-refractivity contribution in [2.75, 3.05) is 47.1 Å². The summed E-state index contributed by atoms with van der Waals surface area (Å²) in [6.07, 6.45) is 4.18. The number of H-pyrrole nitrogens is 1. The molecule has 2 heterocycles. The van der Waals surface area contributed by atoms with Crippen molar-refractivity contribution in [1.29, 1.82) is 0 Å². The van der Waals surface area contributed by atoms with Crippen LogP contribution in [-0.4, -0.2) is 82.1 Å². The van der Waals surface area contributed by atoms with Crippen molar-refractivity contribution in [3.8, 4) is 11.5 Å². The van der Waals surface area contributed by atoms with Crippen LogP contribution in [0.25, 0.3) is 10.9 Å². The van der Waals surface area contributed by atoms with E-state index in [1.807, 2.05) is 30.5 Å². The number of ether oxygens (including phenoxy) is 4. The number of carbonyl (C=O) groups is 1. The maximum atomic E-state index is 13.2. The van der Waals surface area contributed by atoms with Crippen molar-refractivity contribution in [1.82, 2.24) is 14.6 Å². The SMILES string of the molecule is COc1ccc(S(=O)(=O)N(CCO)CCO[C@@H]2C[C@H](C(C)C)C=C(C(=O)NCCc3c[nH]c4ccc(OC)cc34)O2)cc1. The Hall–Kier alpha value is -3.58. The highest BCUT2D eigenvalue weighted by atomic mass is 32.2. The molecule has 0 spiro atoms. The molecule has 2 aromatic carbocycles. The van der Waals surface area contributed by atoms with E-state index < -0.39 is 16.3 Å². The first-order valence-electron chi connectivity index (χ1n) is 14.3. The van der Waals surface area contributed by atoms with Crippen molar-refractivity contribution in [3.63, 3.8) is 0 Å². The molecule has 0 aliphatic carbocycles. The molecular formula is C31H41N3O8S. The number of aromatic nitrogens is 1. The average Bonchev–Trinajstić information content (AvgIpc) is 3.42. The van der Waals surface area contributed by atoms with E-state index in [4.69, 9.17) is 18.9 Å². The molecule has 11 nitrogen and oxygen atoms in total. The Kier molecular flexibility index (Phi) is 11.1. The number of amides is 1. The van der Waals surface area contributed by atoms with E-state index in [0.29, 0.717) is 25.1 Å². The maximum absolute atomic E-state index is 13.2. The van der Waals surface area contributed by atoms with Gasteiger partial charge in [0, 0.05) is 43.2 Å². The Morgan fingerprint density at radius 1 is 1.12 bits per heavy atom. The summed E-state index contributed by atoms with van der Waals surface area (Å²) in [6.45, 7) is 4.12. The average molecular weight is 616 g/mol. The number of aromatic amines is 1. The first-order chi connectivity index (χ1) is 20.7. The molecule has 43 heavy (non-hydrogen) atoms. The zero-order chi connectivity index (χ0) is 31.0. The summed E-state index contributed by atoms with van der Waals surface area (Å²) in [5.74, 6) is 1.44. The van der Waals surface area contributed by atoms with Gasteiger partial charge >= 0.3 is 0 Å². The lowest BCUT2D eigenvalue weighted by atomic mass is 9.90. The van der Waals surface area contributed by atoms with Gasteiger partial charge in [-0.25, -0.2) is 8.42 Å². The molecular weight excluding hydrogens is 574 g/mol. The number of fused-ring (bicyclic) bond motifs is 1. The molecule has 3 aromatic rings. The summed E-state index contributed by atoms with van der Waals surface area (Å²) in [6, 6.07) is 11.9. The van der Waals surface area contributed by atoms with Crippen LogP contribution in [-0.2, 0) is 30.7 Å². The van der Waals surface area contributed by atoms with Crippen LogP contribution < -0.4 is 14.8 Å². The Balaban J connectivity index is 1.34. The molecule has 0 radical (unpaired) electrons. The molecule has 1 amide bonds. The minimum atomic E-state index is -3.87. The number of hydrogen-bond acceptors (Lipinski definition) is 8. The predicted octanol–water partition coefficient (Wildman–Crippen LogP) is 3.45. The molecule has 3 N–H and O–H groups in total. The van der Waals surface area contributed by atoms with Crippen LogP contribution in [0.5, 0.6) is 11.5 Å². The quantitative estimate of drug-likeness (QED) is 0.236. The van der Waals surface area contributed by atoms with E-state index in [2.05, 4.69) is 24.1 Å². The number of rotatable bonds is 15. The molecule has 0 bridgehead atoms. The Labute approximate surface area is 252 Å². The second-order valence-corrected chi connectivity index (χ2v) is 12.6. The molecule has 0 unspecified atom stereocenters. The number of methoxy groups -OCH3 is 2. The Morgan fingerprint density at radius 3 is 2.51 bits per heavy atom. The normalized spacial score (nSPS) is 17.1. The molecule has 2 atom stereocenters. The fourth-order valence-corrected chi connectivity index (χ4v) is 6.36. The summed E-state index contributed by atoms with van der Waals surface area (Å²) < 4.78 is 49.9. The van der Waals surface area contributed by atoms with E-state index in [1.54, 1.807) is 19.2 Å². The van der Waals surface area contributed by atoms with Crippen LogP contribution in [0.1, 0.15) is 25.8 Å². The fourth-order valence-electron chi connectivity index (χ4n) is 4.95. The monoisotopic (exact) mass is 615 g/mol. The number of allylic oxidation sites excluding steroid dienone is 1. The zero-order valence-corrected chi connectivity index (χ0v) is 25.9. The van der Waals surface area contributed by atoms with Crippen LogP contribution in [0.3, 0.4) is 0 Å². The van der Waals surface area contributed by atoms with Gasteiger partial charge in [-0.05, 0) is 72.4 Å². The van der Waals surface area contributed by atoms with Gasteiger partial charge in [0.2, 0.25) is 16.3 Å². The highest BCUT2D eigenvalue weighted by Crippen LogP contribution is 2.29. The first kappa shape index (κ1) is 32.3. The lowest BCUT2D eigenvalue weighted by molar-refractivity contribution is -0.150. The molecule has 4 rings (SSSR count). The highest BCUT2D eigenvalue weighted by molar-refractivity contribution is 7.89. The molecule has 0 saturated heterocycles. The molecule has 0 fully saturated rings. The number of nitrogens with zero attached hydrogens (tertiary/aromatic N) is 1. The van der Waals surface area contributed by atoms with E-state index >= 15 is 0 Å². The minimum absolute atomic E-state index is 0.00176. The van der Waals surface area contributed by atoms with Crippen LogP contribution >= 0.6 is 0 Å². The number of nitrogens with one attached hydrogen (secondary N) is 2. The molecule has 234 valence electrons. The lowest BCUT2D eigenvalue weighted by Crippen LogP contribution is -2.38. The predicted molar refractivity (Wildman–Crippen MR) is 162 cm³/mol. The first-order valence-corrected chi connectivity index (χ1v) is 15.8. The number of benzene rings is 2. The van der Waals surface area contributed by atoms with Gasteiger partial charge in [0.15, 0.2) is 5.76 Å². The highest BCUT2D eigenvalue weighted by Gasteiger charge is 2.30. The van der Waals surface area contributed by atoms with Gasteiger partial charge in [0.05, 0.1) is 32.3 Å². The fraction of sp³-hybridized carbons (Fsp3) is 0.452. The Bertz CT molecular complexity index is 1500. The second kappa shape index (κ2) is 14.7. The summed E-state index contributed by atoms with van der Waals surface area (Å²) in [5, 5.41) is 13.5. The topological polar surface area (TPSA) is 139 Å². The lowest BCUT2D eigenvalue weighted by Gasteiger charge is -2.31.